The smallest absolute Gasteiger partial charge is 0.226 e. The van der Waals surface area contributed by atoms with Gasteiger partial charge in [-0.15, -0.1) is 0 Å². The fourth-order valence-electron chi connectivity index (χ4n) is 6.30. The summed E-state index contributed by atoms with van der Waals surface area (Å²) in [5.41, 5.74) is 3.19. The van der Waals surface area contributed by atoms with Crippen molar-refractivity contribution in [2.75, 3.05) is 26.2 Å². The zero-order valence-corrected chi connectivity index (χ0v) is 23.1. The second kappa shape index (κ2) is 11.6. The van der Waals surface area contributed by atoms with Crippen molar-refractivity contribution in [3.8, 4) is 0 Å². The summed E-state index contributed by atoms with van der Waals surface area (Å²) in [4.78, 5) is 45.1. The van der Waals surface area contributed by atoms with Crippen molar-refractivity contribution in [3.05, 3.63) is 33.8 Å². The number of carbonyl (C=O) groups excluding carboxylic acids is 3. The SMILES string of the molecule is Cc1c(CC(=O)[C@@H]2CCCN2C(=O)C(C)C)cc(Cl)cc1CN1CCN(C(=O)C2CCCC2)[C@@H](C)C1. The van der Waals surface area contributed by atoms with Crippen molar-refractivity contribution in [2.45, 2.75) is 91.3 Å². The Hall–Kier alpha value is -1.92. The van der Waals surface area contributed by atoms with E-state index in [4.69, 9.17) is 11.6 Å². The molecule has 3 aliphatic rings. The van der Waals surface area contributed by atoms with Crippen LogP contribution in [0.5, 0.6) is 0 Å². The summed E-state index contributed by atoms with van der Waals surface area (Å²) in [6.45, 7) is 11.9. The van der Waals surface area contributed by atoms with Crippen LogP contribution in [-0.4, -0.2) is 70.6 Å². The van der Waals surface area contributed by atoms with Gasteiger partial charge < -0.3 is 9.80 Å². The third-order valence-electron chi connectivity index (χ3n) is 8.45. The van der Waals surface area contributed by atoms with Crippen LogP contribution in [0, 0.1) is 18.8 Å². The van der Waals surface area contributed by atoms with E-state index in [1.165, 1.54) is 12.8 Å². The number of ketones is 1. The number of Topliss-reactive ketones (excluding diaryl/α,β-unsaturated/α-hetero) is 1. The number of likely N-dealkylation sites (tertiary alicyclic amines) is 1. The third kappa shape index (κ3) is 5.96. The Morgan fingerprint density at radius 2 is 1.67 bits per heavy atom. The normalized spacial score (nSPS) is 23.6. The lowest BCUT2D eigenvalue weighted by Crippen LogP contribution is -2.54. The van der Waals surface area contributed by atoms with Gasteiger partial charge in [0, 0.05) is 62.0 Å². The lowest BCUT2D eigenvalue weighted by atomic mass is 9.94. The monoisotopic (exact) mass is 515 g/mol. The Morgan fingerprint density at radius 3 is 2.33 bits per heavy atom. The van der Waals surface area contributed by atoms with E-state index < -0.39 is 0 Å². The maximum absolute atomic E-state index is 13.3. The van der Waals surface area contributed by atoms with Gasteiger partial charge in [0.2, 0.25) is 11.8 Å². The zero-order chi connectivity index (χ0) is 26.0. The van der Waals surface area contributed by atoms with Crippen molar-refractivity contribution < 1.29 is 14.4 Å². The molecule has 0 spiro atoms. The molecule has 2 aliphatic heterocycles. The maximum atomic E-state index is 13.3. The van der Waals surface area contributed by atoms with Crippen LogP contribution in [0.25, 0.3) is 0 Å². The number of benzene rings is 1. The van der Waals surface area contributed by atoms with Gasteiger partial charge in [-0.05, 0) is 68.4 Å². The molecule has 1 aliphatic carbocycles. The molecule has 0 N–H and O–H groups in total. The van der Waals surface area contributed by atoms with Crippen molar-refractivity contribution in [1.29, 1.82) is 0 Å². The van der Waals surface area contributed by atoms with Crippen LogP contribution in [0.3, 0.4) is 0 Å². The highest BCUT2D eigenvalue weighted by molar-refractivity contribution is 6.30. The van der Waals surface area contributed by atoms with Crippen molar-refractivity contribution in [3.63, 3.8) is 0 Å². The topological polar surface area (TPSA) is 60.9 Å². The minimum atomic E-state index is -0.326. The highest BCUT2D eigenvalue weighted by atomic mass is 35.5. The number of carbonyl (C=O) groups is 3. The number of rotatable bonds is 7. The Kier molecular flexibility index (Phi) is 8.77. The second-order valence-electron chi connectivity index (χ2n) is 11.4. The number of halogens is 1. The summed E-state index contributed by atoms with van der Waals surface area (Å²) in [7, 11) is 0. The van der Waals surface area contributed by atoms with Gasteiger partial charge in [-0.1, -0.05) is 38.3 Å². The van der Waals surface area contributed by atoms with Crippen molar-refractivity contribution in [2.24, 2.45) is 11.8 Å². The molecule has 0 aromatic heterocycles. The van der Waals surface area contributed by atoms with Crippen LogP contribution in [0.2, 0.25) is 5.02 Å². The molecule has 6 nitrogen and oxygen atoms in total. The number of piperazine rings is 1. The summed E-state index contributed by atoms with van der Waals surface area (Å²) >= 11 is 6.52. The molecule has 2 saturated heterocycles. The van der Waals surface area contributed by atoms with Gasteiger partial charge in [-0.2, -0.15) is 0 Å². The minimum absolute atomic E-state index is 0.0639. The van der Waals surface area contributed by atoms with Gasteiger partial charge in [0.1, 0.15) is 0 Å². The highest BCUT2D eigenvalue weighted by Crippen LogP contribution is 2.29. The molecule has 0 bridgehead atoms. The van der Waals surface area contributed by atoms with E-state index >= 15 is 0 Å². The van der Waals surface area contributed by atoms with Gasteiger partial charge in [-0.25, -0.2) is 0 Å². The first-order chi connectivity index (χ1) is 17.2. The number of hydrogen-bond acceptors (Lipinski definition) is 4. The molecule has 3 fully saturated rings. The lowest BCUT2D eigenvalue weighted by molar-refractivity contribution is -0.140. The molecule has 0 unspecified atom stereocenters. The van der Waals surface area contributed by atoms with Crippen molar-refractivity contribution in [1.82, 2.24) is 14.7 Å². The molecule has 198 valence electrons. The maximum Gasteiger partial charge on any atom is 0.226 e. The summed E-state index contributed by atoms with van der Waals surface area (Å²) in [5.74, 6) is 0.630. The van der Waals surface area contributed by atoms with E-state index in [0.717, 1.165) is 68.6 Å². The largest absolute Gasteiger partial charge is 0.337 e. The Morgan fingerprint density at radius 1 is 0.972 bits per heavy atom. The fourth-order valence-corrected chi connectivity index (χ4v) is 6.56. The van der Waals surface area contributed by atoms with Crippen LogP contribution in [0.1, 0.15) is 76.0 Å². The van der Waals surface area contributed by atoms with Crippen LogP contribution < -0.4 is 0 Å². The van der Waals surface area contributed by atoms with Crippen molar-refractivity contribution >= 4 is 29.2 Å². The summed E-state index contributed by atoms with van der Waals surface area (Å²) in [5, 5.41) is 0.642. The first kappa shape index (κ1) is 27.1. The first-order valence-electron chi connectivity index (χ1n) is 13.8. The van der Waals surface area contributed by atoms with E-state index in [-0.39, 0.29) is 35.6 Å². The quantitative estimate of drug-likeness (QED) is 0.531. The lowest BCUT2D eigenvalue weighted by Gasteiger charge is -2.41. The molecular formula is C29H42ClN3O3. The van der Waals surface area contributed by atoms with E-state index in [9.17, 15) is 14.4 Å². The van der Waals surface area contributed by atoms with Crippen LogP contribution in [-0.2, 0) is 27.3 Å². The summed E-state index contributed by atoms with van der Waals surface area (Å²) < 4.78 is 0. The average Bonchev–Trinajstić information content (AvgIpc) is 3.53. The number of amides is 2. The Balaban J connectivity index is 1.41. The van der Waals surface area contributed by atoms with E-state index in [1.54, 1.807) is 4.90 Å². The molecule has 7 heteroatoms. The van der Waals surface area contributed by atoms with Gasteiger partial charge in [-0.3, -0.25) is 19.3 Å². The van der Waals surface area contributed by atoms with E-state index in [0.29, 0.717) is 23.9 Å². The molecule has 1 aromatic rings. The van der Waals surface area contributed by atoms with Gasteiger partial charge in [0.15, 0.2) is 5.78 Å². The molecule has 36 heavy (non-hydrogen) atoms. The molecule has 1 saturated carbocycles. The molecule has 1 aromatic carbocycles. The van der Waals surface area contributed by atoms with E-state index in [1.807, 2.05) is 26.0 Å². The molecular weight excluding hydrogens is 474 g/mol. The predicted molar refractivity (Wildman–Crippen MR) is 143 cm³/mol. The zero-order valence-electron chi connectivity index (χ0n) is 22.4. The van der Waals surface area contributed by atoms with Gasteiger partial charge in [0.05, 0.1) is 6.04 Å². The molecule has 2 atom stereocenters. The predicted octanol–water partition coefficient (Wildman–Crippen LogP) is 4.63. The van der Waals surface area contributed by atoms with Crippen LogP contribution in [0.4, 0.5) is 0 Å². The molecule has 2 amide bonds. The molecule has 4 rings (SSSR count). The van der Waals surface area contributed by atoms with Crippen LogP contribution in [0.15, 0.2) is 12.1 Å². The Labute approximate surface area is 221 Å². The van der Waals surface area contributed by atoms with Gasteiger partial charge in [0.25, 0.3) is 0 Å². The first-order valence-corrected chi connectivity index (χ1v) is 14.2. The average molecular weight is 516 g/mol. The summed E-state index contributed by atoms with van der Waals surface area (Å²) in [6.07, 6.45) is 6.35. The molecule has 0 radical (unpaired) electrons. The Bertz CT molecular complexity index is 988. The molecule has 2 heterocycles. The van der Waals surface area contributed by atoms with Gasteiger partial charge >= 0.3 is 0 Å². The standard InChI is InChI=1S/C29H42ClN3O3/c1-19(2)28(35)33-11-7-10-26(33)27(34)16-23-14-25(30)15-24(21(23)4)18-31-12-13-32(20(3)17-31)29(36)22-8-5-6-9-22/h14-15,19-20,22,26H,5-13,16-18H2,1-4H3/t20-,26-/m0/s1. The van der Waals surface area contributed by atoms with Crippen LogP contribution >= 0.6 is 11.6 Å². The second-order valence-corrected chi connectivity index (χ2v) is 11.9. The van der Waals surface area contributed by atoms with E-state index in [2.05, 4.69) is 23.6 Å². The number of hydrogen-bond donors (Lipinski definition) is 0. The fraction of sp³-hybridized carbons (Fsp3) is 0.690. The third-order valence-corrected chi connectivity index (χ3v) is 8.66. The minimum Gasteiger partial charge on any atom is -0.337 e. The summed E-state index contributed by atoms with van der Waals surface area (Å²) in [6, 6.07) is 3.78. The highest BCUT2D eigenvalue weighted by Gasteiger charge is 2.35. The number of nitrogens with zero attached hydrogens (tertiary/aromatic N) is 3.